The Hall–Kier alpha value is -0.460. The van der Waals surface area contributed by atoms with Crippen LogP contribution < -0.4 is 0 Å². The highest BCUT2D eigenvalue weighted by Crippen LogP contribution is 2.43. The van der Waals surface area contributed by atoms with Crippen LogP contribution in [0.4, 0.5) is 0 Å². The average Bonchev–Trinajstić information content (AvgIpc) is 2.62. The molecule has 0 aromatic rings. The van der Waals surface area contributed by atoms with E-state index in [0.29, 0.717) is 0 Å². The Bertz CT molecular complexity index is 290. The van der Waals surface area contributed by atoms with Gasteiger partial charge in [-0.15, -0.1) is 6.58 Å². The summed E-state index contributed by atoms with van der Waals surface area (Å²) in [5.41, 5.74) is -0.972. The number of aliphatic hydroxyl groups excluding tert-OH is 2. The van der Waals surface area contributed by atoms with Crippen molar-refractivity contribution in [1.82, 2.24) is 0 Å². The first-order valence-corrected chi connectivity index (χ1v) is 5.40. The van der Waals surface area contributed by atoms with Crippen LogP contribution in [0.25, 0.3) is 0 Å². The van der Waals surface area contributed by atoms with Crippen LogP contribution in [0.3, 0.4) is 0 Å². The third-order valence-corrected chi connectivity index (χ3v) is 3.08. The molecule has 5 heteroatoms. The van der Waals surface area contributed by atoms with Crippen LogP contribution in [0.1, 0.15) is 20.3 Å². The second-order valence-corrected chi connectivity index (χ2v) is 4.66. The van der Waals surface area contributed by atoms with Gasteiger partial charge in [-0.1, -0.05) is 6.08 Å². The summed E-state index contributed by atoms with van der Waals surface area (Å²) in [4.78, 5) is 0. The third-order valence-electron chi connectivity index (χ3n) is 3.08. The minimum Gasteiger partial charge on any atom is -0.396 e. The lowest BCUT2D eigenvalue weighted by molar-refractivity contribution is -0.231. The van der Waals surface area contributed by atoms with E-state index in [9.17, 15) is 5.11 Å². The van der Waals surface area contributed by atoms with Gasteiger partial charge in [-0.25, -0.2) is 0 Å². The molecule has 0 bridgehead atoms. The Balaban J connectivity index is 2.18. The van der Waals surface area contributed by atoms with Crippen molar-refractivity contribution >= 4 is 0 Å². The Morgan fingerprint density at radius 3 is 2.50 bits per heavy atom. The van der Waals surface area contributed by atoms with Gasteiger partial charge in [-0.2, -0.15) is 0 Å². The Kier molecular flexibility index (Phi) is 2.84. The lowest BCUT2D eigenvalue weighted by atomic mass is 9.92. The van der Waals surface area contributed by atoms with E-state index in [2.05, 4.69) is 6.58 Å². The predicted molar refractivity (Wildman–Crippen MR) is 55.5 cm³/mol. The van der Waals surface area contributed by atoms with Gasteiger partial charge in [-0.3, -0.25) is 0 Å². The first-order valence-electron chi connectivity index (χ1n) is 5.40. The highest BCUT2D eigenvalue weighted by atomic mass is 16.8. The van der Waals surface area contributed by atoms with E-state index in [1.165, 1.54) is 6.08 Å². The number of hydrogen-bond acceptors (Lipinski definition) is 5. The molecule has 0 aromatic heterocycles. The molecule has 0 saturated carbocycles. The lowest BCUT2D eigenvalue weighted by Crippen LogP contribution is -2.44. The quantitative estimate of drug-likeness (QED) is 0.676. The van der Waals surface area contributed by atoms with E-state index in [1.807, 2.05) is 0 Å². The van der Waals surface area contributed by atoms with Crippen LogP contribution in [0.5, 0.6) is 0 Å². The summed E-state index contributed by atoms with van der Waals surface area (Å²) in [5, 5.41) is 19.1. The molecule has 2 rings (SSSR count). The Morgan fingerprint density at radius 1 is 1.31 bits per heavy atom. The molecule has 0 aliphatic carbocycles. The maximum absolute atomic E-state index is 10.2. The standard InChI is InChI=1S/C11H18O5/c1-4-11(5-6-12)8(13)7-9(16-11)15-10(2,3)14-7/h4,7-9,12-13H,1,5-6H2,2-3H3/t7?,8-,9-,11-/m1/s1. The zero-order valence-electron chi connectivity index (χ0n) is 9.55. The molecule has 5 nitrogen and oxygen atoms in total. The second-order valence-electron chi connectivity index (χ2n) is 4.66. The molecule has 16 heavy (non-hydrogen) atoms. The molecule has 2 N–H and O–H groups in total. The highest BCUT2D eigenvalue weighted by Gasteiger charge is 2.59. The van der Waals surface area contributed by atoms with E-state index >= 15 is 0 Å². The van der Waals surface area contributed by atoms with Crippen LogP contribution in [-0.2, 0) is 14.2 Å². The number of aliphatic hydroxyl groups is 2. The zero-order valence-corrected chi connectivity index (χ0v) is 9.55. The third kappa shape index (κ3) is 1.69. The molecule has 0 aromatic carbocycles. The van der Waals surface area contributed by atoms with Crippen molar-refractivity contribution in [2.75, 3.05) is 6.61 Å². The van der Waals surface area contributed by atoms with E-state index in [-0.39, 0.29) is 13.0 Å². The normalized spacial score (nSPS) is 45.6. The Labute approximate surface area is 94.6 Å². The lowest BCUT2D eigenvalue weighted by Gasteiger charge is -2.31. The average molecular weight is 230 g/mol. The van der Waals surface area contributed by atoms with Gasteiger partial charge >= 0.3 is 0 Å². The van der Waals surface area contributed by atoms with Gasteiger partial charge in [0.15, 0.2) is 12.1 Å². The maximum atomic E-state index is 10.2. The number of ether oxygens (including phenoxy) is 3. The zero-order chi connectivity index (χ0) is 12.0. The summed E-state index contributed by atoms with van der Waals surface area (Å²) >= 11 is 0. The number of fused-ring (bicyclic) bond motifs is 1. The Morgan fingerprint density at radius 2 is 2.00 bits per heavy atom. The van der Waals surface area contributed by atoms with Gasteiger partial charge in [0.25, 0.3) is 0 Å². The maximum Gasteiger partial charge on any atom is 0.191 e. The summed E-state index contributed by atoms with van der Waals surface area (Å²) in [6, 6.07) is 0. The molecule has 2 fully saturated rings. The summed E-state index contributed by atoms with van der Waals surface area (Å²) in [7, 11) is 0. The van der Waals surface area contributed by atoms with Gasteiger partial charge in [0, 0.05) is 13.0 Å². The fraction of sp³-hybridized carbons (Fsp3) is 0.818. The van der Waals surface area contributed by atoms with E-state index in [1.54, 1.807) is 13.8 Å². The summed E-state index contributed by atoms with van der Waals surface area (Å²) < 4.78 is 16.7. The molecule has 2 heterocycles. The fourth-order valence-electron chi connectivity index (χ4n) is 2.28. The number of hydrogen-bond donors (Lipinski definition) is 2. The van der Waals surface area contributed by atoms with Gasteiger partial charge in [-0.05, 0) is 13.8 Å². The largest absolute Gasteiger partial charge is 0.396 e. The summed E-state index contributed by atoms with van der Waals surface area (Å²) in [6.45, 7) is 7.08. The topological polar surface area (TPSA) is 68.2 Å². The second kappa shape index (κ2) is 3.78. The van der Waals surface area contributed by atoms with Crippen LogP contribution in [0, 0.1) is 0 Å². The van der Waals surface area contributed by atoms with Crippen molar-refractivity contribution in [2.24, 2.45) is 0 Å². The van der Waals surface area contributed by atoms with Crippen LogP contribution >= 0.6 is 0 Å². The molecule has 1 unspecified atom stereocenters. The number of rotatable bonds is 3. The van der Waals surface area contributed by atoms with Crippen LogP contribution in [0.2, 0.25) is 0 Å². The fourth-order valence-corrected chi connectivity index (χ4v) is 2.28. The van der Waals surface area contributed by atoms with Crippen LogP contribution in [0.15, 0.2) is 12.7 Å². The van der Waals surface area contributed by atoms with Gasteiger partial charge in [0.05, 0.1) is 0 Å². The van der Waals surface area contributed by atoms with Gasteiger partial charge in [0.1, 0.15) is 17.8 Å². The minimum atomic E-state index is -0.972. The van der Waals surface area contributed by atoms with Crippen molar-refractivity contribution in [3.8, 4) is 0 Å². The molecule has 4 atom stereocenters. The summed E-state index contributed by atoms with van der Waals surface area (Å²) in [6.07, 6.45) is -0.220. The monoisotopic (exact) mass is 230 g/mol. The SMILES string of the molecule is C=C[C@]1(CCO)O[C@H]2OC(C)(C)OC2[C@H]1O. The summed E-state index contributed by atoms with van der Waals surface area (Å²) in [5.74, 6) is -0.747. The molecule has 2 aliphatic rings. The predicted octanol–water partition coefficient (Wildman–Crippen LogP) is 0.162. The smallest absolute Gasteiger partial charge is 0.191 e. The molecular formula is C11H18O5. The first-order chi connectivity index (χ1) is 7.44. The molecule has 0 spiro atoms. The molecule has 0 amide bonds. The van der Waals surface area contributed by atoms with Crippen molar-refractivity contribution in [2.45, 2.75) is 50.2 Å². The first kappa shape index (κ1) is 12.0. The van der Waals surface area contributed by atoms with Crippen molar-refractivity contribution in [3.63, 3.8) is 0 Å². The highest BCUT2D eigenvalue weighted by molar-refractivity contribution is 5.11. The van der Waals surface area contributed by atoms with Crippen molar-refractivity contribution in [1.29, 1.82) is 0 Å². The van der Waals surface area contributed by atoms with Crippen LogP contribution in [-0.4, -0.2) is 46.7 Å². The minimum absolute atomic E-state index is 0.0914. The molecule has 0 radical (unpaired) electrons. The van der Waals surface area contributed by atoms with E-state index in [4.69, 9.17) is 19.3 Å². The van der Waals surface area contributed by atoms with Crippen molar-refractivity contribution in [3.05, 3.63) is 12.7 Å². The molecule has 2 aliphatic heterocycles. The van der Waals surface area contributed by atoms with Gasteiger partial charge in [0.2, 0.25) is 0 Å². The molecule has 2 saturated heterocycles. The van der Waals surface area contributed by atoms with Gasteiger partial charge < -0.3 is 24.4 Å². The van der Waals surface area contributed by atoms with E-state index < -0.39 is 29.9 Å². The molecular weight excluding hydrogens is 212 g/mol. The molecule has 92 valence electrons. The van der Waals surface area contributed by atoms with Crippen molar-refractivity contribution < 1.29 is 24.4 Å². The van der Waals surface area contributed by atoms with E-state index in [0.717, 1.165) is 0 Å².